The van der Waals surface area contributed by atoms with Crippen molar-refractivity contribution in [1.82, 2.24) is 5.32 Å². The number of anilines is 1. The molecule has 128 valence electrons. The Labute approximate surface area is 145 Å². The molecule has 2 amide bonds. The first kappa shape index (κ1) is 15.8. The van der Waals surface area contributed by atoms with Crippen LogP contribution in [-0.2, 0) is 4.79 Å². The molecule has 1 saturated carbocycles. The van der Waals surface area contributed by atoms with E-state index in [2.05, 4.69) is 5.32 Å². The molecule has 2 aromatic carbocycles. The molecule has 1 N–H and O–H groups in total. The van der Waals surface area contributed by atoms with Crippen LogP contribution in [0.3, 0.4) is 0 Å². The SMILES string of the molecule is O=C(N[C@@H]1C[C@@H]1c1ccccc1)c1cc(N2CCCC2=O)ccc1F. The van der Waals surface area contributed by atoms with E-state index >= 15 is 0 Å². The number of carbonyl (C=O) groups excluding carboxylic acids is 2. The van der Waals surface area contributed by atoms with Crippen molar-refractivity contribution < 1.29 is 14.0 Å². The highest BCUT2D eigenvalue weighted by Gasteiger charge is 2.39. The zero-order chi connectivity index (χ0) is 17.4. The van der Waals surface area contributed by atoms with Gasteiger partial charge in [0, 0.05) is 30.6 Å². The van der Waals surface area contributed by atoms with Crippen LogP contribution in [0.2, 0.25) is 0 Å². The van der Waals surface area contributed by atoms with E-state index in [-0.39, 0.29) is 23.4 Å². The monoisotopic (exact) mass is 338 g/mol. The van der Waals surface area contributed by atoms with Gasteiger partial charge in [-0.3, -0.25) is 9.59 Å². The van der Waals surface area contributed by atoms with Gasteiger partial charge in [0.1, 0.15) is 5.82 Å². The van der Waals surface area contributed by atoms with Crippen LogP contribution in [0.4, 0.5) is 10.1 Å². The van der Waals surface area contributed by atoms with Crippen LogP contribution in [0.1, 0.15) is 41.1 Å². The minimum absolute atomic E-state index is 0.00379. The van der Waals surface area contributed by atoms with Crippen LogP contribution in [-0.4, -0.2) is 24.4 Å². The summed E-state index contributed by atoms with van der Waals surface area (Å²) in [5.41, 5.74) is 1.77. The highest BCUT2D eigenvalue weighted by molar-refractivity contribution is 5.99. The zero-order valence-corrected chi connectivity index (χ0v) is 13.7. The second-order valence-corrected chi connectivity index (χ2v) is 6.65. The van der Waals surface area contributed by atoms with Gasteiger partial charge in [0.25, 0.3) is 5.91 Å². The topological polar surface area (TPSA) is 49.4 Å². The van der Waals surface area contributed by atoms with Crippen LogP contribution < -0.4 is 10.2 Å². The maximum Gasteiger partial charge on any atom is 0.254 e. The van der Waals surface area contributed by atoms with Gasteiger partial charge >= 0.3 is 0 Å². The van der Waals surface area contributed by atoms with Crippen LogP contribution in [0.15, 0.2) is 48.5 Å². The second kappa shape index (κ2) is 6.31. The molecule has 0 aromatic heterocycles. The fourth-order valence-electron chi connectivity index (χ4n) is 3.45. The third-order valence-electron chi connectivity index (χ3n) is 4.91. The largest absolute Gasteiger partial charge is 0.349 e. The smallest absolute Gasteiger partial charge is 0.254 e. The summed E-state index contributed by atoms with van der Waals surface area (Å²) < 4.78 is 14.1. The molecule has 2 atom stereocenters. The molecule has 2 aliphatic rings. The van der Waals surface area contributed by atoms with Crippen LogP contribution >= 0.6 is 0 Å². The van der Waals surface area contributed by atoms with Crippen molar-refractivity contribution in [2.24, 2.45) is 0 Å². The Balaban J connectivity index is 1.48. The van der Waals surface area contributed by atoms with Crippen molar-refractivity contribution >= 4 is 17.5 Å². The average molecular weight is 338 g/mol. The van der Waals surface area contributed by atoms with E-state index in [4.69, 9.17) is 0 Å². The number of amides is 2. The predicted molar refractivity (Wildman–Crippen MR) is 93.0 cm³/mol. The first-order valence-corrected chi connectivity index (χ1v) is 8.59. The minimum Gasteiger partial charge on any atom is -0.349 e. The molecule has 5 heteroatoms. The van der Waals surface area contributed by atoms with Crippen molar-refractivity contribution in [1.29, 1.82) is 0 Å². The Bertz CT molecular complexity index is 822. The minimum atomic E-state index is -0.565. The van der Waals surface area contributed by atoms with E-state index in [9.17, 15) is 14.0 Å². The quantitative estimate of drug-likeness (QED) is 0.930. The van der Waals surface area contributed by atoms with Crippen molar-refractivity contribution in [3.63, 3.8) is 0 Å². The van der Waals surface area contributed by atoms with Gasteiger partial charge in [0.2, 0.25) is 5.91 Å². The fraction of sp³-hybridized carbons (Fsp3) is 0.300. The molecule has 1 saturated heterocycles. The molecule has 4 nitrogen and oxygen atoms in total. The van der Waals surface area contributed by atoms with Crippen molar-refractivity contribution in [2.45, 2.75) is 31.2 Å². The number of nitrogens with one attached hydrogen (secondary N) is 1. The lowest BCUT2D eigenvalue weighted by molar-refractivity contribution is -0.117. The molecular weight excluding hydrogens is 319 g/mol. The highest BCUT2D eigenvalue weighted by atomic mass is 19.1. The summed E-state index contributed by atoms with van der Waals surface area (Å²) in [6, 6.07) is 14.3. The summed E-state index contributed by atoms with van der Waals surface area (Å²) in [6.45, 7) is 0.615. The Kier molecular flexibility index (Phi) is 3.99. The molecule has 1 heterocycles. The molecule has 2 fully saturated rings. The summed E-state index contributed by atoms with van der Waals surface area (Å²) in [5.74, 6) is -0.680. The Hall–Kier alpha value is -2.69. The summed E-state index contributed by atoms with van der Waals surface area (Å²) in [7, 11) is 0. The average Bonchev–Trinajstić information content (AvgIpc) is 3.26. The molecule has 2 aromatic rings. The lowest BCUT2D eigenvalue weighted by Gasteiger charge is -2.17. The number of halogens is 1. The first-order chi connectivity index (χ1) is 12.1. The van der Waals surface area contributed by atoms with Gasteiger partial charge < -0.3 is 10.2 Å². The number of nitrogens with zero attached hydrogens (tertiary/aromatic N) is 1. The molecule has 0 spiro atoms. The van der Waals surface area contributed by atoms with Crippen molar-refractivity contribution in [3.8, 4) is 0 Å². The van der Waals surface area contributed by atoms with E-state index in [1.807, 2.05) is 30.3 Å². The summed E-state index contributed by atoms with van der Waals surface area (Å²) in [4.78, 5) is 26.0. The lowest BCUT2D eigenvalue weighted by atomic mass is 10.1. The summed E-state index contributed by atoms with van der Waals surface area (Å²) in [6.07, 6.45) is 2.15. The van der Waals surface area contributed by atoms with Gasteiger partial charge in [0.15, 0.2) is 0 Å². The van der Waals surface area contributed by atoms with E-state index in [1.54, 1.807) is 11.0 Å². The normalized spacial score (nSPS) is 22.1. The number of carbonyl (C=O) groups is 2. The highest BCUT2D eigenvalue weighted by Crippen LogP contribution is 2.40. The summed E-state index contributed by atoms with van der Waals surface area (Å²) >= 11 is 0. The van der Waals surface area contributed by atoms with E-state index in [0.717, 1.165) is 12.8 Å². The second-order valence-electron chi connectivity index (χ2n) is 6.65. The Morgan fingerprint density at radius 1 is 1.16 bits per heavy atom. The molecule has 0 unspecified atom stereocenters. The molecule has 4 rings (SSSR count). The number of hydrogen-bond donors (Lipinski definition) is 1. The first-order valence-electron chi connectivity index (χ1n) is 8.59. The molecule has 1 aliphatic carbocycles. The summed E-state index contributed by atoms with van der Waals surface area (Å²) in [5, 5.41) is 2.91. The van der Waals surface area contributed by atoms with Gasteiger partial charge in [-0.25, -0.2) is 4.39 Å². The molecule has 25 heavy (non-hydrogen) atoms. The third-order valence-corrected chi connectivity index (χ3v) is 4.91. The molecule has 0 radical (unpaired) electrons. The van der Waals surface area contributed by atoms with E-state index in [1.165, 1.54) is 17.7 Å². The van der Waals surface area contributed by atoms with Crippen LogP contribution in [0.5, 0.6) is 0 Å². The lowest BCUT2D eigenvalue weighted by Crippen LogP contribution is -2.28. The number of benzene rings is 2. The Morgan fingerprint density at radius 3 is 2.68 bits per heavy atom. The van der Waals surface area contributed by atoms with Crippen molar-refractivity contribution in [2.75, 3.05) is 11.4 Å². The molecule has 0 bridgehead atoms. The zero-order valence-electron chi connectivity index (χ0n) is 13.7. The predicted octanol–water partition coefficient (Wildman–Crippen LogP) is 3.24. The maximum absolute atomic E-state index is 14.1. The van der Waals surface area contributed by atoms with Crippen molar-refractivity contribution in [3.05, 3.63) is 65.5 Å². The van der Waals surface area contributed by atoms with Gasteiger partial charge in [0.05, 0.1) is 5.56 Å². The van der Waals surface area contributed by atoms with E-state index < -0.39 is 11.7 Å². The molecule has 1 aliphatic heterocycles. The maximum atomic E-state index is 14.1. The number of rotatable bonds is 4. The van der Waals surface area contributed by atoms with Crippen LogP contribution in [0, 0.1) is 5.82 Å². The van der Waals surface area contributed by atoms with Gasteiger partial charge in [-0.1, -0.05) is 30.3 Å². The van der Waals surface area contributed by atoms with Crippen LogP contribution in [0.25, 0.3) is 0 Å². The van der Waals surface area contributed by atoms with Gasteiger partial charge in [-0.05, 0) is 36.6 Å². The van der Waals surface area contributed by atoms with Gasteiger partial charge in [-0.15, -0.1) is 0 Å². The Morgan fingerprint density at radius 2 is 1.96 bits per heavy atom. The third kappa shape index (κ3) is 3.14. The van der Waals surface area contributed by atoms with E-state index in [0.29, 0.717) is 18.7 Å². The standard InChI is InChI=1S/C20H19FN2O2/c21-17-9-8-14(23-10-4-7-19(23)24)11-16(17)20(25)22-18-12-15(18)13-5-2-1-3-6-13/h1-3,5-6,8-9,11,15,18H,4,7,10,12H2,(H,22,25)/t15-,18-/m1/s1. The van der Waals surface area contributed by atoms with Gasteiger partial charge in [-0.2, -0.15) is 0 Å². The fourth-order valence-corrected chi connectivity index (χ4v) is 3.45. The number of hydrogen-bond acceptors (Lipinski definition) is 2. The molecular formula is C20H19FN2O2.